The van der Waals surface area contributed by atoms with E-state index in [2.05, 4.69) is 111 Å². The van der Waals surface area contributed by atoms with Crippen molar-refractivity contribution in [1.82, 2.24) is 0 Å². The highest BCUT2D eigenvalue weighted by molar-refractivity contribution is 5.71. The first-order valence-corrected chi connectivity index (χ1v) is 30.4. The van der Waals surface area contributed by atoms with Gasteiger partial charge in [0.2, 0.25) is 0 Å². The number of aliphatic carboxylic acids is 1. The zero-order chi connectivity index (χ0) is 54.8. The van der Waals surface area contributed by atoms with Gasteiger partial charge in [-0.1, -0.05) is 233 Å². The van der Waals surface area contributed by atoms with Gasteiger partial charge in [-0.05, 0) is 96.3 Å². The van der Waals surface area contributed by atoms with Crippen LogP contribution in [0.3, 0.4) is 0 Å². The lowest BCUT2D eigenvalue weighted by atomic mass is 10.0. The molecule has 0 saturated heterocycles. The molecule has 0 spiro atoms. The van der Waals surface area contributed by atoms with E-state index < -0.39 is 24.3 Å². The molecule has 0 rings (SSSR count). The molecule has 0 heterocycles. The predicted molar refractivity (Wildman–Crippen MR) is 318 cm³/mol. The fraction of sp³-hybridized carbons (Fsp3) is 0.712. The average molecular weight is 1050 g/mol. The van der Waals surface area contributed by atoms with Crippen molar-refractivity contribution in [2.24, 2.45) is 0 Å². The fourth-order valence-electron chi connectivity index (χ4n) is 8.16. The number of unbranched alkanes of at least 4 members (excludes halogenated alkanes) is 24. The molecule has 0 amide bonds. The summed E-state index contributed by atoms with van der Waals surface area (Å²) in [4.78, 5) is 37.5. The third-order valence-electron chi connectivity index (χ3n) is 12.8. The zero-order valence-corrected chi connectivity index (χ0v) is 48.9. The summed E-state index contributed by atoms with van der Waals surface area (Å²) in [5.74, 6) is -2.05. The number of nitrogens with zero attached hydrogens (tertiary/aromatic N) is 1. The Morgan fingerprint density at radius 1 is 0.413 bits per heavy atom. The number of carbonyl (C=O) groups excluding carboxylic acids is 2. The molecule has 0 radical (unpaired) electrons. The number of ether oxygens (including phenoxy) is 4. The maximum absolute atomic E-state index is 12.9. The lowest BCUT2D eigenvalue weighted by Gasteiger charge is -2.25. The van der Waals surface area contributed by atoms with Gasteiger partial charge in [-0.15, -0.1) is 0 Å². The van der Waals surface area contributed by atoms with Crippen LogP contribution in [-0.2, 0) is 33.3 Å². The van der Waals surface area contributed by atoms with Crippen molar-refractivity contribution in [2.75, 3.05) is 47.5 Å². The SMILES string of the molecule is CC/C=C\C/C=C\C/C=C\C/C=C\C/C=C\C/C=C\C/C=C\CCCCCC(=O)OC(COC(=O)CCCCCCCCCCCCCCC/C=C\CCCCCCCCCC)COC(OCC[N+](C)(C)C)C(=O)O. The smallest absolute Gasteiger partial charge is 0.361 e. The van der Waals surface area contributed by atoms with Gasteiger partial charge in [0.25, 0.3) is 6.29 Å². The first kappa shape index (κ1) is 71.2. The monoisotopic (exact) mass is 1050 g/mol. The first-order valence-electron chi connectivity index (χ1n) is 30.4. The van der Waals surface area contributed by atoms with Gasteiger partial charge in [0.1, 0.15) is 13.2 Å². The maximum Gasteiger partial charge on any atom is 0.361 e. The van der Waals surface area contributed by atoms with Crippen LogP contribution in [0.2, 0.25) is 0 Å². The third-order valence-corrected chi connectivity index (χ3v) is 12.8. The van der Waals surface area contributed by atoms with Crippen LogP contribution in [0.1, 0.15) is 245 Å². The highest BCUT2D eigenvalue weighted by Crippen LogP contribution is 2.16. The summed E-state index contributed by atoms with van der Waals surface area (Å²) in [5.41, 5.74) is 0. The van der Waals surface area contributed by atoms with Gasteiger partial charge in [0.15, 0.2) is 6.10 Å². The van der Waals surface area contributed by atoms with Crippen LogP contribution in [0.4, 0.5) is 0 Å². The number of hydrogen-bond donors (Lipinski definition) is 1. The molecule has 0 saturated carbocycles. The Labute approximate surface area is 461 Å². The molecular formula is C66H114NO8+. The molecule has 2 unspecified atom stereocenters. The van der Waals surface area contributed by atoms with Crippen molar-refractivity contribution in [3.63, 3.8) is 0 Å². The molecule has 0 aromatic rings. The number of esters is 2. The van der Waals surface area contributed by atoms with Gasteiger partial charge >= 0.3 is 17.9 Å². The van der Waals surface area contributed by atoms with Gasteiger partial charge in [-0.25, -0.2) is 4.79 Å². The summed E-state index contributed by atoms with van der Waals surface area (Å²) in [6.07, 6.45) is 73.5. The Morgan fingerprint density at radius 3 is 1.16 bits per heavy atom. The molecule has 0 aromatic heterocycles. The van der Waals surface area contributed by atoms with Gasteiger partial charge in [0, 0.05) is 12.8 Å². The normalized spacial score (nSPS) is 13.5. The molecule has 9 nitrogen and oxygen atoms in total. The highest BCUT2D eigenvalue weighted by atomic mass is 16.7. The molecule has 1 N–H and O–H groups in total. The Bertz CT molecular complexity index is 1550. The molecular weight excluding hydrogens is 935 g/mol. The molecule has 0 bridgehead atoms. The Balaban J connectivity index is 4.30. The third kappa shape index (κ3) is 57.7. The van der Waals surface area contributed by atoms with E-state index in [1.807, 2.05) is 21.1 Å². The number of carboxylic acids is 1. The minimum atomic E-state index is -1.53. The van der Waals surface area contributed by atoms with Crippen LogP contribution in [0, 0.1) is 0 Å². The second-order valence-electron chi connectivity index (χ2n) is 21.3. The van der Waals surface area contributed by atoms with Crippen molar-refractivity contribution in [1.29, 1.82) is 0 Å². The van der Waals surface area contributed by atoms with Gasteiger partial charge < -0.3 is 28.5 Å². The Hall–Kier alpha value is -3.79. The van der Waals surface area contributed by atoms with Crippen molar-refractivity contribution in [3.8, 4) is 0 Å². The molecule has 0 aliphatic rings. The van der Waals surface area contributed by atoms with Crippen LogP contribution in [0.25, 0.3) is 0 Å². The average Bonchev–Trinajstić information content (AvgIpc) is 3.38. The molecule has 0 fully saturated rings. The van der Waals surface area contributed by atoms with E-state index in [9.17, 15) is 19.5 Å². The number of hydrogen-bond acceptors (Lipinski definition) is 7. The number of likely N-dealkylation sites (N-methyl/N-ethyl adjacent to an activating group) is 1. The van der Waals surface area contributed by atoms with E-state index in [0.29, 0.717) is 23.9 Å². The van der Waals surface area contributed by atoms with Crippen LogP contribution >= 0.6 is 0 Å². The second kappa shape index (κ2) is 56.4. The predicted octanol–water partition coefficient (Wildman–Crippen LogP) is 18.1. The van der Waals surface area contributed by atoms with E-state index in [4.69, 9.17) is 18.9 Å². The van der Waals surface area contributed by atoms with Crippen LogP contribution in [0.15, 0.2) is 97.2 Å². The Kier molecular flexibility index (Phi) is 53.6. The van der Waals surface area contributed by atoms with E-state index in [0.717, 1.165) is 83.5 Å². The van der Waals surface area contributed by atoms with Crippen molar-refractivity contribution in [2.45, 2.75) is 257 Å². The van der Waals surface area contributed by atoms with E-state index in [-0.39, 0.29) is 32.2 Å². The van der Waals surface area contributed by atoms with E-state index >= 15 is 0 Å². The number of carboxylic acid groups (broad SMARTS) is 1. The van der Waals surface area contributed by atoms with Crippen LogP contribution < -0.4 is 0 Å². The molecule has 2 atom stereocenters. The van der Waals surface area contributed by atoms with Crippen molar-refractivity contribution < 1.29 is 42.9 Å². The van der Waals surface area contributed by atoms with E-state index in [1.165, 1.54) is 128 Å². The minimum absolute atomic E-state index is 0.176. The topological polar surface area (TPSA) is 108 Å². The summed E-state index contributed by atoms with van der Waals surface area (Å²) in [7, 11) is 5.95. The molecule has 0 aliphatic heterocycles. The molecule has 430 valence electrons. The number of quaternary nitrogens is 1. The summed E-state index contributed by atoms with van der Waals surface area (Å²) < 4.78 is 22.9. The molecule has 0 aromatic carbocycles. The first-order chi connectivity index (χ1) is 36.6. The van der Waals surface area contributed by atoms with Crippen molar-refractivity contribution in [3.05, 3.63) is 97.2 Å². The quantitative estimate of drug-likeness (QED) is 0.0211. The van der Waals surface area contributed by atoms with Crippen LogP contribution in [-0.4, -0.2) is 87.4 Å². The second-order valence-corrected chi connectivity index (χ2v) is 21.3. The van der Waals surface area contributed by atoms with Crippen LogP contribution in [0.5, 0.6) is 0 Å². The molecule has 9 heteroatoms. The molecule has 0 aliphatic carbocycles. The van der Waals surface area contributed by atoms with Gasteiger partial charge in [0.05, 0.1) is 34.4 Å². The summed E-state index contributed by atoms with van der Waals surface area (Å²) in [5, 5.41) is 9.71. The lowest BCUT2D eigenvalue weighted by Crippen LogP contribution is -2.40. The Morgan fingerprint density at radius 2 is 0.760 bits per heavy atom. The van der Waals surface area contributed by atoms with Gasteiger partial charge in [-0.2, -0.15) is 0 Å². The number of rotatable bonds is 55. The number of carbonyl (C=O) groups is 3. The largest absolute Gasteiger partial charge is 0.477 e. The summed E-state index contributed by atoms with van der Waals surface area (Å²) in [6, 6.07) is 0. The van der Waals surface area contributed by atoms with Gasteiger partial charge in [-0.3, -0.25) is 9.59 Å². The molecule has 75 heavy (non-hydrogen) atoms. The van der Waals surface area contributed by atoms with Crippen molar-refractivity contribution >= 4 is 17.9 Å². The standard InChI is InChI=1S/C66H113NO8/c1-6-8-10-12-14-16-18-20-22-24-26-28-30-32-34-36-38-40-42-44-46-48-50-52-54-56-63(68)73-60-62(61-74-66(65(70)71)72-59-58-67(3,4)5)75-64(69)57-55-53-51-49-47-45-43-41-39-37-35-33-31-29-27-25-23-21-19-17-15-13-11-9-7-2/h9,11,15,17,21,23-24,26-27,29,33,35,39,41,45,47,62,66H,6-8,10,12-14,16,18-20,22,25,28,30-32,34,36-38,40,42-44,46,48-61H2,1-5H3/p+1/b11-9-,17-15-,23-21-,26-24-,29-27-,35-33-,41-39-,47-45-. The number of allylic oxidation sites excluding steroid dienone is 16. The lowest BCUT2D eigenvalue weighted by molar-refractivity contribution is -0.870. The summed E-state index contributed by atoms with van der Waals surface area (Å²) >= 11 is 0. The summed E-state index contributed by atoms with van der Waals surface area (Å²) in [6.45, 7) is 4.73. The zero-order valence-electron chi connectivity index (χ0n) is 48.9. The fourth-order valence-corrected chi connectivity index (χ4v) is 8.16. The highest BCUT2D eigenvalue weighted by Gasteiger charge is 2.25. The maximum atomic E-state index is 12.9. The minimum Gasteiger partial charge on any atom is -0.477 e. The van der Waals surface area contributed by atoms with E-state index in [1.54, 1.807) is 0 Å².